The third kappa shape index (κ3) is 4.95. The molecule has 0 aliphatic carbocycles. The summed E-state index contributed by atoms with van der Waals surface area (Å²) in [6, 6.07) is 7.35. The van der Waals surface area contributed by atoms with Crippen molar-refractivity contribution in [3.63, 3.8) is 0 Å². The van der Waals surface area contributed by atoms with E-state index in [-0.39, 0.29) is 24.0 Å². The van der Waals surface area contributed by atoms with Gasteiger partial charge in [-0.3, -0.25) is 4.79 Å². The Bertz CT molecular complexity index is 699. The van der Waals surface area contributed by atoms with Crippen LogP contribution in [0.4, 0.5) is 4.79 Å². The molecule has 0 saturated carbocycles. The highest BCUT2D eigenvalue weighted by atomic mass is 32.2. The van der Waals surface area contributed by atoms with E-state index in [1.165, 1.54) is 11.8 Å². The van der Waals surface area contributed by atoms with Crippen LogP contribution in [0.2, 0.25) is 0 Å². The second-order valence-corrected chi connectivity index (χ2v) is 8.16. The van der Waals surface area contributed by atoms with Gasteiger partial charge in [0.05, 0.1) is 38.6 Å². The molecule has 7 nitrogen and oxygen atoms in total. The van der Waals surface area contributed by atoms with Gasteiger partial charge in [0.1, 0.15) is 5.75 Å². The van der Waals surface area contributed by atoms with Gasteiger partial charge in [0, 0.05) is 32.2 Å². The molecule has 2 fully saturated rings. The number of hydrogen-bond donors (Lipinski definition) is 1. The molecule has 2 heterocycles. The first kappa shape index (κ1) is 22.1. The number of benzene rings is 1. The molecule has 0 aromatic heterocycles. The van der Waals surface area contributed by atoms with Crippen molar-refractivity contribution in [2.24, 2.45) is 0 Å². The summed E-state index contributed by atoms with van der Waals surface area (Å²) in [6.45, 7) is 4.42. The van der Waals surface area contributed by atoms with Crippen molar-refractivity contribution >= 4 is 17.0 Å². The van der Waals surface area contributed by atoms with Crippen molar-refractivity contribution in [3.05, 3.63) is 42.5 Å². The maximum absolute atomic E-state index is 12.7. The van der Waals surface area contributed by atoms with E-state index in [2.05, 4.69) is 6.58 Å². The molecule has 0 unspecified atom stereocenters. The van der Waals surface area contributed by atoms with Crippen LogP contribution < -0.4 is 4.74 Å². The average molecular weight is 424 g/mol. The first-order valence-electron chi connectivity index (χ1n) is 9.68. The van der Waals surface area contributed by atoms with Crippen LogP contribution in [0.3, 0.4) is 0 Å². The molecule has 1 N–H and O–H groups in total. The highest BCUT2D eigenvalue weighted by Gasteiger charge is 2.53. The number of amides is 1. The number of aliphatic hydroxyl groups excluding tert-OH is 1. The Balaban J connectivity index is 1.82. The lowest BCUT2D eigenvalue weighted by molar-refractivity contribution is -0.310. The lowest BCUT2D eigenvalue weighted by Crippen LogP contribution is -2.60. The molecule has 2 aliphatic heterocycles. The van der Waals surface area contributed by atoms with Crippen LogP contribution >= 0.6 is 11.8 Å². The van der Waals surface area contributed by atoms with Crippen molar-refractivity contribution in [2.75, 3.05) is 33.2 Å². The highest BCUT2D eigenvalue weighted by Crippen LogP contribution is 2.41. The van der Waals surface area contributed by atoms with Crippen molar-refractivity contribution < 1.29 is 28.8 Å². The van der Waals surface area contributed by atoms with E-state index in [0.29, 0.717) is 31.7 Å². The standard InChI is InChI=1S/C21H29NO6S/c1-4-9-27-17-10-18(13-23)28-21(11-17,26-3)19-14-29-20(24)22(19)12-15-5-7-16(25-2)8-6-15/h4-8,17-19,23H,1,9-14H2,2-3H3/t17-,18-,19-,21+/m0/s1. The van der Waals surface area contributed by atoms with E-state index >= 15 is 0 Å². The van der Waals surface area contributed by atoms with E-state index in [1.54, 1.807) is 25.2 Å². The molecule has 160 valence electrons. The summed E-state index contributed by atoms with van der Waals surface area (Å²) < 4.78 is 23.2. The largest absolute Gasteiger partial charge is 0.497 e. The molecule has 3 rings (SSSR count). The Morgan fingerprint density at radius 1 is 1.38 bits per heavy atom. The zero-order valence-corrected chi connectivity index (χ0v) is 17.7. The Hall–Kier alpha value is -1.58. The Kier molecular flexibility index (Phi) is 7.59. The minimum absolute atomic E-state index is 0.0134. The van der Waals surface area contributed by atoms with Gasteiger partial charge in [0.15, 0.2) is 5.79 Å². The van der Waals surface area contributed by atoms with Gasteiger partial charge in [0.2, 0.25) is 0 Å². The second-order valence-electron chi connectivity index (χ2n) is 7.19. The number of hydrogen-bond acceptors (Lipinski definition) is 7. The van der Waals surface area contributed by atoms with Crippen LogP contribution in [0.1, 0.15) is 18.4 Å². The molecule has 1 amide bonds. The van der Waals surface area contributed by atoms with Gasteiger partial charge in [-0.1, -0.05) is 30.0 Å². The van der Waals surface area contributed by atoms with Crippen molar-refractivity contribution in [2.45, 2.75) is 43.4 Å². The quantitative estimate of drug-likeness (QED) is 0.612. The smallest absolute Gasteiger partial charge is 0.282 e. The Labute approximate surface area is 175 Å². The number of carbonyl (C=O) groups excluding carboxylic acids is 1. The summed E-state index contributed by atoms with van der Waals surface area (Å²) in [5, 5.41) is 9.74. The molecule has 2 aliphatic rings. The number of thioether (sulfide) groups is 1. The number of carbonyl (C=O) groups is 1. The molecule has 4 atom stereocenters. The lowest BCUT2D eigenvalue weighted by Gasteiger charge is -2.48. The van der Waals surface area contributed by atoms with Crippen LogP contribution in [0, 0.1) is 0 Å². The Morgan fingerprint density at radius 3 is 2.76 bits per heavy atom. The van der Waals surface area contributed by atoms with E-state index in [1.807, 2.05) is 24.3 Å². The van der Waals surface area contributed by atoms with Crippen LogP contribution in [0.25, 0.3) is 0 Å². The fraction of sp³-hybridized carbons (Fsp3) is 0.571. The van der Waals surface area contributed by atoms with Crippen LogP contribution in [0.5, 0.6) is 5.75 Å². The third-order valence-corrected chi connectivity index (χ3v) is 6.36. The second kappa shape index (κ2) is 9.95. The van der Waals surface area contributed by atoms with Crippen molar-refractivity contribution in [1.82, 2.24) is 4.90 Å². The van der Waals surface area contributed by atoms with E-state index < -0.39 is 11.9 Å². The van der Waals surface area contributed by atoms with Crippen LogP contribution in [0.15, 0.2) is 36.9 Å². The van der Waals surface area contributed by atoms with Crippen LogP contribution in [-0.4, -0.2) is 72.5 Å². The van der Waals surface area contributed by atoms with Gasteiger partial charge >= 0.3 is 0 Å². The topological polar surface area (TPSA) is 77.5 Å². The van der Waals surface area contributed by atoms with E-state index in [0.717, 1.165) is 11.3 Å². The summed E-state index contributed by atoms with van der Waals surface area (Å²) in [7, 11) is 3.21. The van der Waals surface area contributed by atoms with Crippen LogP contribution in [-0.2, 0) is 20.8 Å². The van der Waals surface area contributed by atoms with Gasteiger partial charge in [-0.2, -0.15) is 0 Å². The van der Waals surface area contributed by atoms with Gasteiger partial charge in [-0.15, -0.1) is 6.58 Å². The molecule has 0 bridgehead atoms. The van der Waals surface area contributed by atoms with Gasteiger partial charge in [-0.05, 0) is 17.7 Å². The number of aliphatic hydroxyl groups is 1. The fourth-order valence-corrected chi connectivity index (χ4v) is 5.01. The maximum atomic E-state index is 12.7. The summed E-state index contributed by atoms with van der Waals surface area (Å²) in [5.41, 5.74) is 0.992. The first-order valence-corrected chi connectivity index (χ1v) is 10.7. The minimum Gasteiger partial charge on any atom is -0.497 e. The van der Waals surface area contributed by atoms with Crippen molar-refractivity contribution in [3.8, 4) is 5.75 Å². The monoisotopic (exact) mass is 423 g/mol. The predicted molar refractivity (Wildman–Crippen MR) is 111 cm³/mol. The van der Waals surface area contributed by atoms with Gasteiger partial charge < -0.3 is 29.0 Å². The van der Waals surface area contributed by atoms with Gasteiger partial charge in [-0.25, -0.2) is 0 Å². The number of methoxy groups -OCH3 is 2. The average Bonchev–Trinajstić information content (AvgIpc) is 3.13. The molecule has 1 aromatic rings. The third-order valence-electron chi connectivity index (χ3n) is 5.40. The number of nitrogens with zero attached hydrogens (tertiary/aromatic N) is 1. The minimum atomic E-state index is -1.04. The SMILES string of the molecule is C=CCO[C@H]1C[C@@H](CO)O[C@@](OC)([C@@H]2CSC(=O)N2Cc2ccc(OC)cc2)C1. The fourth-order valence-electron chi connectivity index (χ4n) is 3.91. The zero-order chi connectivity index (χ0) is 20.9. The molecule has 1 aromatic carbocycles. The van der Waals surface area contributed by atoms with E-state index in [9.17, 15) is 9.90 Å². The van der Waals surface area contributed by atoms with Crippen molar-refractivity contribution in [1.29, 1.82) is 0 Å². The van der Waals surface area contributed by atoms with E-state index in [4.69, 9.17) is 18.9 Å². The molecule has 2 saturated heterocycles. The highest BCUT2D eigenvalue weighted by molar-refractivity contribution is 8.13. The predicted octanol–water partition coefficient (Wildman–Crippen LogP) is 2.82. The molecule has 29 heavy (non-hydrogen) atoms. The first-order chi connectivity index (χ1) is 14.0. The molecule has 8 heteroatoms. The summed E-state index contributed by atoms with van der Waals surface area (Å²) in [4.78, 5) is 14.5. The lowest BCUT2D eigenvalue weighted by atomic mass is 9.92. The van der Waals surface area contributed by atoms with Gasteiger partial charge in [0.25, 0.3) is 5.24 Å². The zero-order valence-electron chi connectivity index (χ0n) is 16.9. The maximum Gasteiger partial charge on any atom is 0.282 e. The summed E-state index contributed by atoms with van der Waals surface area (Å²) in [6.07, 6.45) is 2.18. The molecule has 0 spiro atoms. The summed E-state index contributed by atoms with van der Waals surface area (Å²) in [5.74, 6) is 0.280. The summed E-state index contributed by atoms with van der Waals surface area (Å²) >= 11 is 1.26. The Morgan fingerprint density at radius 2 is 2.14 bits per heavy atom. The molecular formula is C21H29NO6S. The number of ether oxygens (including phenoxy) is 4. The molecule has 0 radical (unpaired) electrons. The molecular weight excluding hydrogens is 394 g/mol. The normalized spacial score (nSPS) is 29.8. The number of rotatable bonds is 9.